The van der Waals surface area contributed by atoms with Gasteiger partial charge in [-0.1, -0.05) is 35.9 Å². The molecule has 10 nitrogen and oxygen atoms in total. The normalized spacial score (nSPS) is 12.1. The number of benzene rings is 2. The summed E-state index contributed by atoms with van der Waals surface area (Å²) in [5.74, 6) is -2.67. The highest BCUT2D eigenvalue weighted by Gasteiger charge is 2.13. The van der Waals surface area contributed by atoms with Gasteiger partial charge in [-0.25, -0.2) is 14.6 Å². The van der Waals surface area contributed by atoms with Gasteiger partial charge in [0.15, 0.2) is 0 Å². The van der Waals surface area contributed by atoms with Crippen LogP contribution in [0.5, 0.6) is 11.6 Å². The maximum Gasteiger partial charge on any atom is 0.414 e. The molecule has 1 heterocycles. The van der Waals surface area contributed by atoms with E-state index in [1.165, 1.54) is 0 Å². The Balaban J connectivity index is 0.000000678. The van der Waals surface area contributed by atoms with Crippen molar-refractivity contribution in [3.63, 3.8) is 0 Å². The molecule has 0 amide bonds. The van der Waals surface area contributed by atoms with Crippen LogP contribution in [0.3, 0.4) is 0 Å². The average molecular weight is 519 g/mol. The second-order valence-corrected chi connectivity index (χ2v) is 7.98. The molecule has 192 valence electrons. The zero-order chi connectivity index (χ0) is 26.5. The SMILES string of the molecule is O=C(O)C(=O)O.OCc1cccnc1Oc1ccc(CC(CO)NCC(O)c2cccc(Cl)c2)cc1. The summed E-state index contributed by atoms with van der Waals surface area (Å²) in [6, 6.07) is 17.8. The van der Waals surface area contributed by atoms with E-state index in [4.69, 9.17) is 36.1 Å². The first-order valence-corrected chi connectivity index (χ1v) is 11.2. The van der Waals surface area contributed by atoms with E-state index in [2.05, 4.69) is 10.3 Å². The first-order valence-electron chi connectivity index (χ1n) is 10.8. The van der Waals surface area contributed by atoms with Crippen LogP contribution in [0.4, 0.5) is 0 Å². The van der Waals surface area contributed by atoms with E-state index in [0.29, 0.717) is 35.2 Å². The van der Waals surface area contributed by atoms with Crippen LogP contribution in [-0.4, -0.2) is 61.6 Å². The van der Waals surface area contributed by atoms with Crippen LogP contribution in [0, 0.1) is 0 Å². The van der Waals surface area contributed by atoms with Crippen LogP contribution in [-0.2, 0) is 22.6 Å². The molecule has 3 aromatic rings. The lowest BCUT2D eigenvalue weighted by Gasteiger charge is -2.19. The van der Waals surface area contributed by atoms with Gasteiger partial charge in [0.25, 0.3) is 0 Å². The minimum Gasteiger partial charge on any atom is -0.473 e. The van der Waals surface area contributed by atoms with Crippen LogP contribution in [0.25, 0.3) is 0 Å². The fraction of sp³-hybridized carbons (Fsp3) is 0.240. The molecule has 0 aliphatic heterocycles. The lowest BCUT2D eigenvalue weighted by atomic mass is 10.1. The standard InChI is InChI=1S/C23H25ClN2O4.C2H2O4/c24-19-5-1-3-17(12-19)22(29)13-26-20(15-28)11-16-6-8-21(9-7-16)30-23-18(14-27)4-2-10-25-23;3-1(4)2(5)6/h1-10,12,20,22,26-29H,11,13-15H2;(H,3,4)(H,5,6). The number of nitrogens with zero attached hydrogens (tertiary/aromatic N) is 1. The second-order valence-electron chi connectivity index (χ2n) is 7.54. The van der Waals surface area contributed by atoms with Crippen LogP contribution in [0.2, 0.25) is 5.02 Å². The molecule has 2 atom stereocenters. The Morgan fingerprint density at radius 1 is 1.00 bits per heavy atom. The van der Waals surface area contributed by atoms with Gasteiger partial charge in [-0.2, -0.15) is 0 Å². The third-order valence-electron chi connectivity index (χ3n) is 4.88. The number of hydrogen-bond acceptors (Lipinski definition) is 8. The summed E-state index contributed by atoms with van der Waals surface area (Å²) in [6.07, 6.45) is 1.48. The Morgan fingerprint density at radius 3 is 2.28 bits per heavy atom. The molecule has 0 bridgehead atoms. The quantitative estimate of drug-likeness (QED) is 0.219. The summed E-state index contributed by atoms with van der Waals surface area (Å²) in [6.45, 7) is 0.0941. The third-order valence-corrected chi connectivity index (χ3v) is 5.11. The summed E-state index contributed by atoms with van der Waals surface area (Å²) in [4.78, 5) is 22.3. The molecule has 3 rings (SSSR count). The summed E-state index contributed by atoms with van der Waals surface area (Å²) >= 11 is 5.97. The molecule has 1 aromatic heterocycles. The molecule has 6 N–H and O–H groups in total. The maximum absolute atomic E-state index is 10.3. The predicted octanol–water partition coefficient (Wildman–Crippen LogP) is 2.40. The number of pyridine rings is 1. The lowest BCUT2D eigenvalue weighted by Crippen LogP contribution is -2.37. The zero-order valence-electron chi connectivity index (χ0n) is 19.1. The molecule has 2 aromatic carbocycles. The highest BCUT2D eigenvalue weighted by atomic mass is 35.5. The van der Waals surface area contributed by atoms with Gasteiger partial charge in [-0.3, -0.25) is 0 Å². The van der Waals surface area contributed by atoms with E-state index >= 15 is 0 Å². The van der Waals surface area contributed by atoms with Crippen molar-refractivity contribution in [1.29, 1.82) is 0 Å². The number of aromatic nitrogens is 1. The van der Waals surface area contributed by atoms with Crippen molar-refractivity contribution < 1.29 is 39.9 Å². The molecule has 2 unspecified atom stereocenters. The predicted molar refractivity (Wildman–Crippen MR) is 131 cm³/mol. The Hall–Kier alpha value is -3.54. The largest absolute Gasteiger partial charge is 0.473 e. The molecule has 0 radical (unpaired) electrons. The lowest BCUT2D eigenvalue weighted by molar-refractivity contribution is -0.159. The fourth-order valence-corrected chi connectivity index (χ4v) is 3.24. The minimum atomic E-state index is -1.82. The van der Waals surface area contributed by atoms with Gasteiger partial charge >= 0.3 is 11.9 Å². The highest BCUT2D eigenvalue weighted by molar-refractivity contribution is 6.30. The first kappa shape index (κ1) is 28.7. The average Bonchev–Trinajstić information content (AvgIpc) is 2.88. The summed E-state index contributed by atoms with van der Waals surface area (Å²) in [5, 5.41) is 47.9. The van der Waals surface area contributed by atoms with Gasteiger partial charge in [0.1, 0.15) is 5.75 Å². The van der Waals surface area contributed by atoms with E-state index in [-0.39, 0.29) is 19.3 Å². The van der Waals surface area contributed by atoms with E-state index in [9.17, 15) is 15.3 Å². The van der Waals surface area contributed by atoms with Crippen molar-refractivity contribution in [2.24, 2.45) is 0 Å². The molecule has 0 fully saturated rings. The van der Waals surface area contributed by atoms with Crippen molar-refractivity contribution in [3.8, 4) is 11.6 Å². The Labute approximate surface area is 212 Å². The Bertz CT molecular complexity index is 1120. The van der Waals surface area contributed by atoms with Gasteiger partial charge in [-0.05, 0) is 53.9 Å². The topological polar surface area (TPSA) is 169 Å². The van der Waals surface area contributed by atoms with E-state index in [0.717, 1.165) is 11.1 Å². The number of hydrogen-bond donors (Lipinski definition) is 6. The molecule has 11 heteroatoms. The summed E-state index contributed by atoms with van der Waals surface area (Å²) in [5.41, 5.74) is 2.35. The van der Waals surface area contributed by atoms with E-state index in [1.54, 1.807) is 36.5 Å². The van der Waals surface area contributed by atoms with Crippen LogP contribution in [0.1, 0.15) is 22.8 Å². The Kier molecular flexibility index (Phi) is 11.8. The van der Waals surface area contributed by atoms with Gasteiger partial charge in [0.05, 0.1) is 19.3 Å². The van der Waals surface area contributed by atoms with E-state index in [1.807, 2.05) is 30.3 Å². The van der Waals surface area contributed by atoms with E-state index < -0.39 is 18.0 Å². The van der Waals surface area contributed by atoms with Gasteiger partial charge < -0.3 is 35.6 Å². The second kappa shape index (κ2) is 14.8. The first-order chi connectivity index (χ1) is 17.2. The molecular formula is C25H27ClN2O8. The van der Waals surface area contributed by atoms with Crippen LogP contribution in [0.15, 0.2) is 66.9 Å². The van der Waals surface area contributed by atoms with Crippen LogP contribution >= 0.6 is 11.6 Å². The Morgan fingerprint density at radius 2 is 1.69 bits per heavy atom. The molecule has 0 spiro atoms. The van der Waals surface area contributed by atoms with Crippen molar-refractivity contribution in [2.45, 2.75) is 25.2 Å². The summed E-state index contributed by atoms with van der Waals surface area (Å²) < 4.78 is 5.74. The summed E-state index contributed by atoms with van der Waals surface area (Å²) in [7, 11) is 0. The van der Waals surface area contributed by atoms with Crippen molar-refractivity contribution in [1.82, 2.24) is 10.3 Å². The number of rotatable bonds is 10. The smallest absolute Gasteiger partial charge is 0.414 e. The van der Waals surface area contributed by atoms with Crippen molar-refractivity contribution in [2.75, 3.05) is 13.2 Å². The van der Waals surface area contributed by atoms with Crippen LogP contribution < -0.4 is 10.1 Å². The molecule has 36 heavy (non-hydrogen) atoms. The minimum absolute atomic E-state index is 0.0612. The van der Waals surface area contributed by atoms with Gasteiger partial charge in [0, 0.05) is 29.4 Å². The monoisotopic (exact) mass is 518 g/mol. The van der Waals surface area contributed by atoms with Gasteiger partial charge in [0.2, 0.25) is 5.88 Å². The number of ether oxygens (including phenoxy) is 1. The third kappa shape index (κ3) is 9.61. The molecule has 0 aliphatic carbocycles. The number of carboxylic acids is 2. The highest BCUT2D eigenvalue weighted by Crippen LogP contribution is 2.23. The zero-order valence-corrected chi connectivity index (χ0v) is 19.9. The number of aliphatic hydroxyl groups is 3. The van der Waals surface area contributed by atoms with Crippen molar-refractivity contribution >= 4 is 23.5 Å². The molecule has 0 saturated carbocycles. The number of aliphatic carboxylic acids is 2. The number of carboxylic acid groups (broad SMARTS) is 2. The number of carbonyl (C=O) groups is 2. The number of aliphatic hydroxyl groups excluding tert-OH is 3. The maximum atomic E-state index is 10.3. The van der Waals surface area contributed by atoms with Gasteiger partial charge in [-0.15, -0.1) is 0 Å². The number of nitrogens with one attached hydrogen (secondary N) is 1. The fourth-order valence-electron chi connectivity index (χ4n) is 3.04. The molecule has 0 aliphatic rings. The molecule has 0 saturated heterocycles. The number of halogens is 1. The molecular weight excluding hydrogens is 492 g/mol. The van der Waals surface area contributed by atoms with Crippen molar-refractivity contribution in [3.05, 3.63) is 88.6 Å².